The van der Waals surface area contributed by atoms with Gasteiger partial charge < -0.3 is 0 Å². The summed E-state index contributed by atoms with van der Waals surface area (Å²) >= 11 is 5.31. The minimum atomic E-state index is 0.719. The molecule has 0 spiro atoms. The van der Waals surface area contributed by atoms with E-state index in [9.17, 15) is 0 Å². The van der Waals surface area contributed by atoms with Crippen LogP contribution in [0.1, 0.15) is 16.7 Å². The van der Waals surface area contributed by atoms with Crippen LogP contribution in [0.2, 0.25) is 0 Å². The normalized spacial score (nSPS) is 10.0. The summed E-state index contributed by atoms with van der Waals surface area (Å²) in [5.74, 6) is 1.98. The Hall–Kier alpha value is -1.24. The quantitative estimate of drug-likeness (QED) is 0.812. The third-order valence-corrected chi connectivity index (χ3v) is 4.14. The number of nitriles is 1. The molecule has 2 rings (SSSR count). The van der Waals surface area contributed by atoms with Gasteiger partial charge in [0.05, 0.1) is 11.6 Å². The molecule has 0 unspecified atom stereocenters. The highest BCUT2D eigenvalue weighted by Crippen LogP contribution is 2.19. The molecule has 1 nitrogen and oxygen atoms in total. The van der Waals surface area contributed by atoms with Gasteiger partial charge in [0.2, 0.25) is 0 Å². The molecule has 0 aliphatic carbocycles. The van der Waals surface area contributed by atoms with Gasteiger partial charge >= 0.3 is 0 Å². The Morgan fingerprint density at radius 2 is 1.39 bits per heavy atom. The van der Waals surface area contributed by atoms with Gasteiger partial charge in [-0.3, -0.25) is 0 Å². The van der Waals surface area contributed by atoms with Crippen molar-refractivity contribution in [3.63, 3.8) is 0 Å². The minimum Gasteiger partial charge on any atom is -0.192 e. The molecule has 0 aliphatic rings. The van der Waals surface area contributed by atoms with Gasteiger partial charge in [-0.25, -0.2) is 0 Å². The Balaban J connectivity index is 1.84. The van der Waals surface area contributed by atoms with Crippen LogP contribution >= 0.6 is 27.7 Å². The van der Waals surface area contributed by atoms with E-state index in [0.29, 0.717) is 0 Å². The molecule has 2 aromatic rings. The van der Waals surface area contributed by atoms with E-state index in [1.54, 1.807) is 0 Å². The topological polar surface area (TPSA) is 23.8 Å². The van der Waals surface area contributed by atoms with Crippen molar-refractivity contribution in [3.05, 3.63) is 69.7 Å². The molecule has 0 amide bonds. The molecule has 0 saturated heterocycles. The Bertz CT molecular complexity index is 540. The van der Waals surface area contributed by atoms with Crippen molar-refractivity contribution < 1.29 is 0 Å². The van der Waals surface area contributed by atoms with Crippen LogP contribution in [0.5, 0.6) is 0 Å². The fourth-order valence-corrected chi connectivity index (χ4v) is 2.77. The summed E-state index contributed by atoms with van der Waals surface area (Å²) in [6.07, 6.45) is 0. The summed E-state index contributed by atoms with van der Waals surface area (Å²) in [7, 11) is 0. The highest BCUT2D eigenvalue weighted by molar-refractivity contribution is 9.10. The van der Waals surface area contributed by atoms with Crippen LogP contribution in [0.4, 0.5) is 0 Å². The van der Waals surface area contributed by atoms with Crippen LogP contribution in [0.3, 0.4) is 0 Å². The molecule has 0 N–H and O–H groups in total. The van der Waals surface area contributed by atoms with Gasteiger partial charge in [-0.05, 0) is 35.4 Å². The number of hydrogen-bond acceptors (Lipinski definition) is 2. The lowest BCUT2D eigenvalue weighted by Crippen LogP contribution is -1.84. The van der Waals surface area contributed by atoms with E-state index in [4.69, 9.17) is 5.26 Å². The monoisotopic (exact) mass is 317 g/mol. The maximum absolute atomic E-state index is 8.72. The molecule has 0 fully saturated rings. The second kappa shape index (κ2) is 6.63. The molecule has 18 heavy (non-hydrogen) atoms. The smallest absolute Gasteiger partial charge is 0.0991 e. The van der Waals surface area contributed by atoms with Crippen LogP contribution in [0, 0.1) is 11.3 Å². The molecular weight excluding hydrogens is 306 g/mol. The summed E-state index contributed by atoms with van der Waals surface area (Å²) in [5, 5.41) is 8.72. The summed E-state index contributed by atoms with van der Waals surface area (Å²) < 4.78 is 1.11. The molecule has 3 heteroatoms. The van der Waals surface area contributed by atoms with Crippen LogP contribution in [-0.2, 0) is 11.5 Å². The number of nitrogens with zero attached hydrogens (tertiary/aromatic N) is 1. The predicted molar refractivity (Wildman–Crippen MR) is 80.3 cm³/mol. The summed E-state index contributed by atoms with van der Waals surface area (Å²) in [6.45, 7) is 0. The Morgan fingerprint density at radius 1 is 0.889 bits per heavy atom. The lowest BCUT2D eigenvalue weighted by atomic mass is 10.2. The van der Waals surface area contributed by atoms with Crippen molar-refractivity contribution in [1.29, 1.82) is 5.26 Å². The SMILES string of the molecule is N#Cc1ccc(CSCc2ccc(Br)cc2)cc1. The second-order valence-electron chi connectivity index (χ2n) is 3.93. The van der Waals surface area contributed by atoms with Crippen LogP contribution < -0.4 is 0 Å². The van der Waals surface area contributed by atoms with E-state index in [0.717, 1.165) is 21.5 Å². The van der Waals surface area contributed by atoms with Crippen molar-refractivity contribution in [2.24, 2.45) is 0 Å². The van der Waals surface area contributed by atoms with E-state index in [1.165, 1.54) is 11.1 Å². The van der Waals surface area contributed by atoms with Crippen LogP contribution in [-0.4, -0.2) is 0 Å². The Kier molecular flexibility index (Phi) is 4.86. The van der Waals surface area contributed by atoms with Gasteiger partial charge in [0.1, 0.15) is 0 Å². The van der Waals surface area contributed by atoms with Crippen LogP contribution in [0.25, 0.3) is 0 Å². The zero-order valence-electron chi connectivity index (χ0n) is 9.77. The number of benzene rings is 2. The van der Waals surface area contributed by atoms with Crippen molar-refractivity contribution in [2.75, 3.05) is 0 Å². The summed E-state index contributed by atoms with van der Waals surface area (Å²) in [6, 6.07) is 18.3. The van der Waals surface area contributed by atoms with Gasteiger partial charge in [0, 0.05) is 16.0 Å². The van der Waals surface area contributed by atoms with E-state index in [1.807, 2.05) is 36.0 Å². The predicted octanol–water partition coefficient (Wildman–Crippen LogP) is 4.75. The van der Waals surface area contributed by atoms with Gasteiger partial charge in [0.25, 0.3) is 0 Å². The fraction of sp³-hybridized carbons (Fsp3) is 0.133. The molecule has 0 saturated carbocycles. The average Bonchev–Trinajstić information content (AvgIpc) is 2.42. The second-order valence-corrected chi connectivity index (χ2v) is 5.83. The Labute approximate surface area is 120 Å². The number of thioether (sulfide) groups is 1. The number of halogens is 1. The van der Waals surface area contributed by atoms with Crippen molar-refractivity contribution >= 4 is 27.7 Å². The third-order valence-electron chi connectivity index (χ3n) is 2.53. The lowest BCUT2D eigenvalue weighted by molar-refractivity contribution is 1.35. The van der Waals surface area contributed by atoms with Crippen molar-refractivity contribution in [3.8, 4) is 6.07 Å². The first kappa shape index (κ1) is 13.2. The standard InChI is InChI=1S/C15H12BrNS/c16-15-7-5-14(6-8-15)11-18-10-13-3-1-12(9-17)2-4-13/h1-8H,10-11H2. The molecule has 2 aromatic carbocycles. The molecule has 0 aromatic heterocycles. The highest BCUT2D eigenvalue weighted by atomic mass is 79.9. The molecule has 0 atom stereocenters. The minimum absolute atomic E-state index is 0.719. The number of rotatable bonds is 4. The molecule has 0 radical (unpaired) electrons. The first-order valence-electron chi connectivity index (χ1n) is 5.59. The molecule has 0 aliphatic heterocycles. The van der Waals surface area contributed by atoms with E-state index in [2.05, 4.69) is 46.3 Å². The van der Waals surface area contributed by atoms with E-state index in [-0.39, 0.29) is 0 Å². The van der Waals surface area contributed by atoms with E-state index >= 15 is 0 Å². The molecule has 0 heterocycles. The van der Waals surface area contributed by atoms with E-state index < -0.39 is 0 Å². The highest BCUT2D eigenvalue weighted by Gasteiger charge is 1.97. The first-order chi connectivity index (χ1) is 8.78. The first-order valence-corrected chi connectivity index (χ1v) is 7.54. The van der Waals surface area contributed by atoms with Crippen LogP contribution in [0.15, 0.2) is 53.0 Å². The third kappa shape index (κ3) is 3.90. The maximum atomic E-state index is 8.72. The van der Waals surface area contributed by atoms with Gasteiger partial charge in [-0.15, -0.1) is 0 Å². The fourth-order valence-electron chi connectivity index (χ4n) is 1.54. The van der Waals surface area contributed by atoms with Gasteiger partial charge in [0.15, 0.2) is 0 Å². The molecule has 90 valence electrons. The molecule has 0 bridgehead atoms. The summed E-state index contributed by atoms with van der Waals surface area (Å²) in [4.78, 5) is 0. The maximum Gasteiger partial charge on any atom is 0.0991 e. The summed E-state index contributed by atoms with van der Waals surface area (Å²) in [5.41, 5.74) is 3.31. The zero-order valence-corrected chi connectivity index (χ0v) is 12.2. The lowest BCUT2D eigenvalue weighted by Gasteiger charge is -2.03. The number of hydrogen-bond donors (Lipinski definition) is 0. The average molecular weight is 318 g/mol. The van der Waals surface area contributed by atoms with Gasteiger partial charge in [-0.1, -0.05) is 40.2 Å². The van der Waals surface area contributed by atoms with Crippen molar-refractivity contribution in [1.82, 2.24) is 0 Å². The Morgan fingerprint density at radius 3 is 1.89 bits per heavy atom. The largest absolute Gasteiger partial charge is 0.192 e. The zero-order chi connectivity index (χ0) is 12.8. The van der Waals surface area contributed by atoms with Gasteiger partial charge in [-0.2, -0.15) is 17.0 Å². The van der Waals surface area contributed by atoms with Crippen molar-refractivity contribution in [2.45, 2.75) is 11.5 Å². The molecular formula is C15H12BrNS.